The van der Waals surface area contributed by atoms with Crippen molar-refractivity contribution in [2.75, 3.05) is 30.4 Å². The molecule has 0 bridgehead atoms. The molecular weight excluding hydrogens is 556 g/mol. The van der Waals surface area contributed by atoms with E-state index in [1.807, 2.05) is 24.3 Å². The third-order valence-electron chi connectivity index (χ3n) is 8.32. The predicted molar refractivity (Wildman–Crippen MR) is 160 cm³/mol. The standard InChI is InChI=1S/C29H39ClN10O2/c1-19(20(2)42-16-28-37-39-40-38-28)34-21-6-8-22(9-7-21)35-27-14-23(24(30)15-32-27)25-4-3-5-26(36-25)33-18-29(17-31)10-12-41-13-11-29/h3-5,14-15,19-22,34H,6-13,16,18H2,1-2H3,(H,32,35)(H,33,36)(H,37,38,39,40)/t19-,20+,21-,22-/m1/s1. The van der Waals surface area contributed by atoms with E-state index in [1.165, 1.54) is 0 Å². The number of ether oxygens (including phenoxy) is 2. The lowest BCUT2D eigenvalue weighted by Gasteiger charge is -2.33. The molecule has 13 heteroatoms. The molecule has 4 N–H and O–H groups in total. The van der Waals surface area contributed by atoms with Crippen molar-refractivity contribution in [3.8, 4) is 17.3 Å². The normalized spacial score (nSPS) is 21.7. The van der Waals surface area contributed by atoms with Crippen LogP contribution in [0.4, 0.5) is 11.6 Å². The van der Waals surface area contributed by atoms with Crippen LogP contribution in [0.3, 0.4) is 0 Å². The molecule has 2 aliphatic rings. The minimum absolute atomic E-state index is 0.0210. The van der Waals surface area contributed by atoms with Gasteiger partial charge in [-0.1, -0.05) is 22.9 Å². The summed E-state index contributed by atoms with van der Waals surface area (Å²) in [6.45, 7) is 6.30. The van der Waals surface area contributed by atoms with E-state index in [0.717, 1.165) is 42.8 Å². The van der Waals surface area contributed by atoms with Gasteiger partial charge in [-0.05, 0) is 70.6 Å². The van der Waals surface area contributed by atoms with Crippen LogP contribution in [0, 0.1) is 16.7 Å². The van der Waals surface area contributed by atoms with Crippen molar-refractivity contribution in [3.05, 3.63) is 41.3 Å². The van der Waals surface area contributed by atoms with Gasteiger partial charge in [-0.2, -0.15) is 10.5 Å². The highest BCUT2D eigenvalue weighted by molar-refractivity contribution is 6.33. The number of rotatable bonds is 12. The van der Waals surface area contributed by atoms with Crippen molar-refractivity contribution in [1.29, 1.82) is 5.26 Å². The summed E-state index contributed by atoms with van der Waals surface area (Å²) in [6, 6.07) is 11.2. The molecule has 42 heavy (non-hydrogen) atoms. The van der Waals surface area contributed by atoms with Gasteiger partial charge >= 0.3 is 0 Å². The molecule has 2 fully saturated rings. The Bertz CT molecular complexity index is 1320. The summed E-state index contributed by atoms with van der Waals surface area (Å²) < 4.78 is 11.3. The largest absolute Gasteiger partial charge is 0.381 e. The first-order chi connectivity index (χ1) is 20.4. The maximum absolute atomic E-state index is 9.77. The number of tetrazole rings is 1. The zero-order valence-corrected chi connectivity index (χ0v) is 24.9. The van der Waals surface area contributed by atoms with Crippen molar-refractivity contribution in [2.24, 2.45) is 5.41 Å². The van der Waals surface area contributed by atoms with Crippen LogP contribution in [0.2, 0.25) is 5.02 Å². The maximum atomic E-state index is 9.77. The lowest BCUT2D eigenvalue weighted by molar-refractivity contribution is 0.0237. The van der Waals surface area contributed by atoms with Crippen LogP contribution in [-0.4, -0.2) is 74.6 Å². The third-order valence-corrected chi connectivity index (χ3v) is 8.62. The number of aromatic nitrogens is 6. The van der Waals surface area contributed by atoms with Crippen LogP contribution in [0.1, 0.15) is 58.2 Å². The second kappa shape index (κ2) is 14.2. The van der Waals surface area contributed by atoms with Gasteiger partial charge in [0.2, 0.25) is 0 Å². The van der Waals surface area contributed by atoms with Crippen molar-refractivity contribution in [2.45, 2.75) is 83.2 Å². The van der Waals surface area contributed by atoms with Crippen molar-refractivity contribution in [3.63, 3.8) is 0 Å². The Morgan fingerprint density at radius 2 is 1.95 bits per heavy atom. The topological polar surface area (TPSA) is 159 Å². The molecule has 1 saturated carbocycles. The molecule has 1 aliphatic carbocycles. The summed E-state index contributed by atoms with van der Waals surface area (Å²) in [6.07, 6.45) is 7.32. The molecule has 224 valence electrons. The molecule has 0 amide bonds. The fourth-order valence-corrected chi connectivity index (χ4v) is 5.66. The highest BCUT2D eigenvalue weighted by atomic mass is 35.5. The van der Waals surface area contributed by atoms with E-state index in [4.69, 9.17) is 26.1 Å². The molecule has 0 aromatic carbocycles. The third kappa shape index (κ3) is 7.92. The zero-order chi connectivity index (χ0) is 29.4. The quantitative estimate of drug-likeness (QED) is 0.236. The first-order valence-corrected chi connectivity index (χ1v) is 15.0. The van der Waals surface area contributed by atoms with Gasteiger partial charge in [0.05, 0.1) is 28.3 Å². The summed E-state index contributed by atoms with van der Waals surface area (Å²) in [5, 5.41) is 34.9. The second-order valence-corrected chi connectivity index (χ2v) is 11.7. The zero-order valence-electron chi connectivity index (χ0n) is 24.1. The van der Waals surface area contributed by atoms with E-state index >= 15 is 0 Å². The average Bonchev–Trinajstić information content (AvgIpc) is 3.55. The fraction of sp³-hybridized carbons (Fsp3) is 0.586. The van der Waals surface area contributed by atoms with Gasteiger partial charge in [0.25, 0.3) is 0 Å². The number of hydrogen-bond donors (Lipinski definition) is 4. The first-order valence-electron chi connectivity index (χ1n) is 14.7. The van der Waals surface area contributed by atoms with Gasteiger partial charge in [-0.25, -0.2) is 9.97 Å². The minimum Gasteiger partial charge on any atom is -0.381 e. The number of pyridine rings is 2. The summed E-state index contributed by atoms with van der Waals surface area (Å²) in [5.41, 5.74) is 1.14. The molecule has 4 heterocycles. The fourth-order valence-electron chi connectivity index (χ4n) is 5.46. The molecule has 1 aliphatic heterocycles. The molecule has 5 rings (SSSR count). The molecule has 0 unspecified atom stereocenters. The molecule has 12 nitrogen and oxygen atoms in total. The smallest absolute Gasteiger partial charge is 0.200 e. The van der Waals surface area contributed by atoms with E-state index < -0.39 is 5.41 Å². The van der Waals surface area contributed by atoms with E-state index in [0.29, 0.717) is 68.0 Å². The highest BCUT2D eigenvalue weighted by Gasteiger charge is 2.32. The number of halogens is 1. The molecule has 0 radical (unpaired) electrons. The molecule has 0 spiro atoms. The number of nitriles is 1. The average molecular weight is 595 g/mol. The molecule has 3 aromatic heterocycles. The number of nitrogens with one attached hydrogen (secondary N) is 4. The van der Waals surface area contributed by atoms with E-state index in [1.54, 1.807) is 6.20 Å². The van der Waals surface area contributed by atoms with Gasteiger partial charge in [0.15, 0.2) is 5.82 Å². The Morgan fingerprint density at radius 3 is 2.69 bits per heavy atom. The summed E-state index contributed by atoms with van der Waals surface area (Å²) in [4.78, 5) is 9.35. The van der Waals surface area contributed by atoms with Crippen LogP contribution >= 0.6 is 11.6 Å². The number of aromatic amines is 1. The summed E-state index contributed by atoms with van der Waals surface area (Å²) >= 11 is 6.58. The number of H-pyrrole nitrogens is 1. The van der Waals surface area contributed by atoms with Gasteiger partial charge in [-0.3, -0.25) is 0 Å². The Balaban J connectivity index is 1.12. The van der Waals surface area contributed by atoms with E-state index in [-0.39, 0.29) is 12.1 Å². The monoisotopic (exact) mass is 594 g/mol. The SMILES string of the molecule is C[C@H](OCc1nn[nH]n1)[C@@H](C)N[C@H]1CC[C@H](Nc2cc(-c3cccc(NCC4(C#N)CCOCC4)n3)c(Cl)cn2)CC1. The molecular formula is C29H39ClN10O2. The summed E-state index contributed by atoms with van der Waals surface area (Å²) in [7, 11) is 0. The van der Waals surface area contributed by atoms with Gasteiger partial charge in [0.1, 0.15) is 18.2 Å². The van der Waals surface area contributed by atoms with E-state index in [9.17, 15) is 5.26 Å². The van der Waals surface area contributed by atoms with Crippen molar-refractivity contribution in [1.82, 2.24) is 35.9 Å². The van der Waals surface area contributed by atoms with Crippen LogP contribution < -0.4 is 16.0 Å². The van der Waals surface area contributed by atoms with Gasteiger partial charge < -0.3 is 25.4 Å². The molecule has 1 saturated heterocycles. The minimum atomic E-state index is -0.434. The highest BCUT2D eigenvalue weighted by Crippen LogP contribution is 2.32. The van der Waals surface area contributed by atoms with Gasteiger partial charge in [0, 0.05) is 49.6 Å². The predicted octanol–water partition coefficient (Wildman–Crippen LogP) is 4.35. The number of nitrogens with zero attached hydrogens (tertiary/aromatic N) is 6. The Hall–Kier alpha value is -3.37. The number of anilines is 2. The Labute approximate surface area is 251 Å². The maximum Gasteiger partial charge on any atom is 0.200 e. The van der Waals surface area contributed by atoms with E-state index in [2.05, 4.69) is 61.5 Å². The van der Waals surface area contributed by atoms with Crippen molar-refractivity contribution >= 4 is 23.2 Å². The van der Waals surface area contributed by atoms with Crippen LogP contribution in [0.5, 0.6) is 0 Å². The lowest BCUT2D eigenvalue weighted by Crippen LogP contribution is -2.46. The van der Waals surface area contributed by atoms with Crippen LogP contribution in [0.15, 0.2) is 30.5 Å². The summed E-state index contributed by atoms with van der Waals surface area (Å²) in [5.74, 6) is 2.05. The molecule has 2 atom stereocenters. The van der Waals surface area contributed by atoms with Crippen LogP contribution in [-0.2, 0) is 16.1 Å². The molecule has 3 aromatic rings. The first kappa shape index (κ1) is 30.1. The lowest BCUT2D eigenvalue weighted by atomic mass is 9.82. The van der Waals surface area contributed by atoms with Gasteiger partial charge in [-0.15, -0.1) is 10.2 Å². The Kier molecular flexibility index (Phi) is 10.2. The number of hydrogen-bond acceptors (Lipinski definition) is 11. The Morgan fingerprint density at radius 1 is 1.17 bits per heavy atom. The van der Waals surface area contributed by atoms with Crippen LogP contribution in [0.25, 0.3) is 11.3 Å². The van der Waals surface area contributed by atoms with Crippen molar-refractivity contribution < 1.29 is 9.47 Å². The second-order valence-electron chi connectivity index (χ2n) is 11.3.